The maximum Gasteiger partial charge on any atom is 0.333 e. The highest BCUT2D eigenvalue weighted by atomic mass is 16.2. The molecule has 0 saturated carbocycles. The number of hydrogen-bond donors (Lipinski definition) is 0. The number of hydrogen-bond acceptors (Lipinski definition) is 2. The van der Waals surface area contributed by atoms with Gasteiger partial charge >= 0.3 is 5.69 Å². The van der Waals surface area contributed by atoms with Crippen LogP contribution >= 0.6 is 0 Å². The standard InChI is InChI=1S/C22H33N3O2/c1-9-17(7)25(18(8)10-2)21(26)13-23-19-11-15(5)16(6)12-20(19)24(14(3)4)22(23)27/h11-12,17-18H,3,9-10,13H2,1-2,4-8H3. The van der Waals surface area contributed by atoms with E-state index in [0.29, 0.717) is 5.70 Å². The molecule has 0 aliphatic rings. The Morgan fingerprint density at radius 1 is 1.07 bits per heavy atom. The number of rotatable bonds is 7. The van der Waals surface area contributed by atoms with Gasteiger partial charge in [-0.3, -0.25) is 13.9 Å². The van der Waals surface area contributed by atoms with E-state index in [1.807, 2.05) is 37.8 Å². The topological polar surface area (TPSA) is 47.2 Å². The minimum Gasteiger partial charge on any atom is -0.336 e. The first-order valence-electron chi connectivity index (χ1n) is 9.83. The van der Waals surface area contributed by atoms with Crippen molar-refractivity contribution >= 4 is 22.6 Å². The molecule has 1 heterocycles. The van der Waals surface area contributed by atoms with Gasteiger partial charge in [0.05, 0.1) is 11.0 Å². The summed E-state index contributed by atoms with van der Waals surface area (Å²) in [5.74, 6) is -0.0141. The van der Waals surface area contributed by atoms with Crippen LogP contribution in [0.4, 0.5) is 0 Å². The van der Waals surface area contributed by atoms with E-state index in [2.05, 4.69) is 34.3 Å². The Kier molecular flexibility index (Phi) is 6.34. The molecule has 0 aliphatic carbocycles. The van der Waals surface area contributed by atoms with Crippen molar-refractivity contribution in [2.45, 2.75) is 79.9 Å². The van der Waals surface area contributed by atoms with Crippen molar-refractivity contribution in [1.29, 1.82) is 0 Å². The van der Waals surface area contributed by atoms with E-state index in [9.17, 15) is 9.59 Å². The maximum atomic E-state index is 13.2. The predicted octanol–water partition coefficient (Wildman–Crippen LogP) is 4.34. The summed E-state index contributed by atoms with van der Waals surface area (Å²) < 4.78 is 3.20. The highest BCUT2D eigenvalue weighted by Gasteiger charge is 2.25. The molecular weight excluding hydrogens is 338 g/mol. The number of nitrogens with zero attached hydrogens (tertiary/aromatic N) is 3. The number of fused-ring (bicyclic) bond motifs is 1. The van der Waals surface area contributed by atoms with Gasteiger partial charge in [0.2, 0.25) is 5.91 Å². The lowest BCUT2D eigenvalue weighted by molar-refractivity contribution is -0.136. The van der Waals surface area contributed by atoms with Crippen LogP contribution in [0.2, 0.25) is 0 Å². The van der Waals surface area contributed by atoms with Gasteiger partial charge in [-0.1, -0.05) is 20.4 Å². The third kappa shape index (κ3) is 3.87. The first kappa shape index (κ1) is 21.0. The molecule has 2 aromatic rings. The van der Waals surface area contributed by atoms with E-state index in [-0.39, 0.29) is 30.2 Å². The molecule has 0 radical (unpaired) electrons. The van der Waals surface area contributed by atoms with E-state index in [0.717, 1.165) is 35.0 Å². The molecule has 5 nitrogen and oxygen atoms in total. The molecule has 5 heteroatoms. The summed E-state index contributed by atoms with van der Waals surface area (Å²) in [7, 11) is 0. The largest absolute Gasteiger partial charge is 0.336 e. The Balaban J connectivity index is 2.60. The third-order valence-corrected chi connectivity index (χ3v) is 5.64. The summed E-state index contributed by atoms with van der Waals surface area (Å²) in [6.45, 7) is 18.2. The van der Waals surface area contributed by atoms with Crippen LogP contribution in [0.3, 0.4) is 0 Å². The van der Waals surface area contributed by atoms with Crippen molar-refractivity contribution in [3.63, 3.8) is 0 Å². The van der Waals surface area contributed by atoms with Crippen molar-refractivity contribution in [2.75, 3.05) is 0 Å². The van der Waals surface area contributed by atoms with Gasteiger partial charge < -0.3 is 4.90 Å². The lowest BCUT2D eigenvalue weighted by Crippen LogP contribution is -2.46. The molecule has 2 unspecified atom stereocenters. The van der Waals surface area contributed by atoms with Crippen LogP contribution < -0.4 is 5.69 Å². The van der Waals surface area contributed by atoms with Gasteiger partial charge in [0.25, 0.3) is 0 Å². The fourth-order valence-electron chi connectivity index (χ4n) is 3.57. The summed E-state index contributed by atoms with van der Waals surface area (Å²) in [6.07, 6.45) is 1.77. The number of amides is 1. The normalized spacial score (nSPS) is 13.6. The summed E-state index contributed by atoms with van der Waals surface area (Å²) in [5, 5.41) is 0. The molecule has 0 bridgehead atoms. The van der Waals surface area contributed by atoms with Crippen LogP contribution in [0.25, 0.3) is 16.7 Å². The van der Waals surface area contributed by atoms with Crippen LogP contribution in [0.15, 0.2) is 23.5 Å². The van der Waals surface area contributed by atoms with Gasteiger partial charge in [0.15, 0.2) is 0 Å². The summed E-state index contributed by atoms with van der Waals surface area (Å²) in [5.41, 5.74) is 4.25. The molecule has 1 aromatic carbocycles. The third-order valence-electron chi connectivity index (χ3n) is 5.64. The number of imidazole rings is 1. The Morgan fingerprint density at radius 3 is 2.00 bits per heavy atom. The summed E-state index contributed by atoms with van der Waals surface area (Å²) >= 11 is 0. The molecule has 0 N–H and O–H groups in total. The average molecular weight is 372 g/mol. The van der Waals surface area contributed by atoms with Gasteiger partial charge in [-0.2, -0.15) is 0 Å². The van der Waals surface area contributed by atoms with Gasteiger partial charge in [-0.05, 0) is 70.7 Å². The zero-order valence-corrected chi connectivity index (χ0v) is 17.8. The van der Waals surface area contributed by atoms with Crippen LogP contribution in [0.1, 0.15) is 58.6 Å². The molecule has 148 valence electrons. The summed E-state index contributed by atoms with van der Waals surface area (Å²) in [4.78, 5) is 28.2. The van der Waals surface area contributed by atoms with Crippen molar-refractivity contribution in [2.24, 2.45) is 0 Å². The average Bonchev–Trinajstić information content (AvgIpc) is 2.86. The van der Waals surface area contributed by atoms with E-state index >= 15 is 0 Å². The van der Waals surface area contributed by atoms with E-state index in [1.54, 1.807) is 9.13 Å². The van der Waals surface area contributed by atoms with Crippen molar-refractivity contribution in [3.05, 3.63) is 40.3 Å². The SMILES string of the molecule is C=C(C)n1c(=O)n(CC(=O)N(C(C)CC)C(C)CC)c2cc(C)c(C)cc21. The Labute approximate surface area is 162 Å². The Bertz CT molecular complexity index is 910. The second-order valence-corrected chi connectivity index (χ2v) is 7.68. The fourth-order valence-corrected chi connectivity index (χ4v) is 3.57. The minimum absolute atomic E-state index is 0.0141. The smallest absolute Gasteiger partial charge is 0.333 e. The lowest BCUT2D eigenvalue weighted by Gasteiger charge is -2.34. The number of allylic oxidation sites excluding steroid dienone is 1. The predicted molar refractivity (Wildman–Crippen MR) is 113 cm³/mol. The number of aryl methyl sites for hydroxylation is 2. The van der Waals surface area contributed by atoms with Gasteiger partial charge in [-0.25, -0.2) is 4.79 Å². The Morgan fingerprint density at radius 2 is 1.56 bits per heavy atom. The van der Waals surface area contributed by atoms with Crippen molar-refractivity contribution in [1.82, 2.24) is 14.0 Å². The lowest BCUT2D eigenvalue weighted by atomic mass is 10.1. The molecule has 0 fully saturated rings. The highest BCUT2D eigenvalue weighted by molar-refractivity contribution is 5.84. The maximum absolute atomic E-state index is 13.2. The van der Waals surface area contributed by atoms with Crippen molar-refractivity contribution in [3.8, 4) is 0 Å². The van der Waals surface area contributed by atoms with Gasteiger partial charge in [-0.15, -0.1) is 0 Å². The zero-order valence-electron chi connectivity index (χ0n) is 17.8. The number of carbonyl (C=O) groups is 1. The molecular formula is C22H33N3O2. The molecule has 0 spiro atoms. The second-order valence-electron chi connectivity index (χ2n) is 7.68. The first-order chi connectivity index (χ1) is 12.6. The van der Waals surface area contributed by atoms with Gasteiger partial charge in [0, 0.05) is 17.8 Å². The van der Waals surface area contributed by atoms with Gasteiger partial charge in [0.1, 0.15) is 6.54 Å². The van der Waals surface area contributed by atoms with Crippen LogP contribution in [-0.4, -0.2) is 32.0 Å². The molecule has 1 aromatic heterocycles. The number of carbonyl (C=O) groups excluding carboxylic acids is 1. The Hall–Kier alpha value is -2.30. The molecule has 27 heavy (non-hydrogen) atoms. The number of benzene rings is 1. The second kappa shape index (κ2) is 8.15. The number of aromatic nitrogens is 2. The minimum atomic E-state index is -0.205. The highest BCUT2D eigenvalue weighted by Crippen LogP contribution is 2.22. The summed E-state index contributed by atoms with van der Waals surface area (Å²) in [6, 6.07) is 4.28. The van der Waals surface area contributed by atoms with Crippen LogP contribution in [0.5, 0.6) is 0 Å². The molecule has 0 saturated heterocycles. The van der Waals surface area contributed by atoms with E-state index in [4.69, 9.17) is 0 Å². The van der Waals surface area contributed by atoms with Crippen LogP contribution in [-0.2, 0) is 11.3 Å². The molecule has 2 atom stereocenters. The quantitative estimate of drug-likeness (QED) is 0.727. The molecule has 1 amide bonds. The fraction of sp³-hybridized carbons (Fsp3) is 0.545. The first-order valence-corrected chi connectivity index (χ1v) is 9.83. The van der Waals surface area contributed by atoms with Crippen molar-refractivity contribution < 1.29 is 4.79 Å². The molecule has 2 rings (SSSR count). The van der Waals surface area contributed by atoms with E-state index in [1.165, 1.54) is 0 Å². The molecule has 0 aliphatic heterocycles. The zero-order chi connectivity index (χ0) is 20.5. The monoisotopic (exact) mass is 371 g/mol. The van der Waals surface area contributed by atoms with Crippen LogP contribution in [0, 0.1) is 13.8 Å². The van der Waals surface area contributed by atoms with E-state index < -0.39 is 0 Å².